The molecule has 82 valence electrons. The predicted octanol–water partition coefficient (Wildman–Crippen LogP) is 4.82. The average molecular weight is 381 g/mol. The molecular formula is C12H14BrIO. The molecular weight excluding hydrogens is 367 g/mol. The normalized spacial score (nSPS) is 10.3. The van der Waals surface area contributed by atoms with Crippen LogP contribution in [0.5, 0.6) is 0 Å². The van der Waals surface area contributed by atoms with Crippen LogP contribution in [0.1, 0.15) is 43.0 Å². The van der Waals surface area contributed by atoms with Gasteiger partial charge >= 0.3 is 0 Å². The fraction of sp³-hybridized carbons (Fsp3) is 0.417. The maximum absolute atomic E-state index is 11.9. The van der Waals surface area contributed by atoms with Crippen molar-refractivity contribution in [3.05, 3.63) is 31.8 Å². The van der Waals surface area contributed by atoms with Crippen molar-refractivity contribution < 1.29 is 4.79 Å². The smallest absolute Gasteiger partial charge is 0.163 e. The number of Topliss-reactive ketones (excluding diaryl/α,β-unsaturated/α-hetero) is 1. The number of carbonyl (C=O) groups is 1. The molecule has 0 fully saturated rings. The highest BCUT2D eigenvalue weighted by Crippen LogP contribution is 2.20. The Hall–Kier alpha value is 0.1000. The summed E-state index contributed by atoms with van der Waals surface area (Å²) in [6, 6.07) is 5.85. The maximum Gasteiger partial charge on any atom is 0.163 e. The summed E-state index contributed by atoms with van der Waals surface area (Å²) in [4.78, 5) is 11.9. The number of halogens is 2. The zero-order chi connectivity index (χ0) is 11.3. The molecule has 0 aliphatic heterocycles. The minimum absolute atomic E-state index is 0.258. The van der Waals surface area contributed by atoms with Crippen LogP contribution in [0.3, 0.4) is 0 Å². The first-order chi connectivity index (χ1) is 7.15. The highest BCUT2D eigenvalue weighted by molar-refractivity contribution is 14.1. The summed E-state index contributed by atoms with van der Waals surface area (Å²) < 4.78 is 2.01. The third-order valence-corrected chi connectivity index (χ3v) is 3.67. The largest absolute Gasteiger partial charge is 0.294 e. The Labute approximate surface area is 113 Å². The Morgan fingerprint density at radius 1 is 1.40 bits per heavy atom. The predicted molar refractivity (Wildman–Crippen MR) is 75.3 cm³/mol. The molecule has 0 heterocycles. The van der Waals surface area contributed by atoms with Crippen LogP contribution in [0.25, 0.3) is 0 Å². The van der Waals surface area contributed by atoms with Crippen molar-refractivity contribution in [3.63, 3.8) is 0 Å². The van der Waals surface area contributed by atoms with Gasteiger partial charge in [-0.2, -0.15) is 0 Å². The zero-order valence-electron chi connectivity index (χ0n) is 8.72. The molecule has 0 saturated carbocycles. The molecule has 0 aromatic heterocycles. The second-order valence-corrected chi connectivity index (χ2v) is 5.58. The van der Waals surface area contributed by atoms with Crippen LogP contribution in [-0.2, 0) is 0 Å². The van der Waals surface area contributed by atoms with Crippen LogP contribution in [0, 0.1) is 3.57 Å². The molecule has 3 heteroatoms. The van der Waals surface area contributed by atoms with E-state index in [4.69, 9.17) is 0 Å². The summed E-state index contributed by atoms with van der Waals surface area (Å²) in [6.45, 7) is 2.15. The molecule has 0 unspecified atom stereocenters. The maximum atomic E-state index is 11.9. The summed E-state index contributed by atoms with van der Waals surface area (Å²) in [5.74, 6) is 0.258. The van der Waals surface area contributed by atoms with E-state index in [1.54, 1.807) is 0 Å². The Balaban J connectivity index is 2.68. The highest BCUT2D eigenvalue weighted by Gasteiger charge is 2.09. The van der Waals surface area contributed by atoms with Gasteiger partial charge in [0.05, 0.1) is 0 Å². The number of rotatable bonds is 5. The molecule has 0 aliphatic rings. The van der Waals surface area contributed by atoms with Gasteiger partial charge in [0.1, 0.15) is 0 Å². The minimum atomic E-state index is 0.258. The highest BCUT2D eigenvalue weighted by atomic mass is 127. The quantitative estimate of drug-likeness (QED) is 0.406. The van der Waals surface area contributed by atoms with Crippen molar-refractivity contribution in [3.8, 4) is 0 Å². The van der Waals surface area contributed by atoms with Crippen molar-refractivity contribution >= 4 is 44.3 Å². The van der Waals surface area contributed by atoms with Gasteiger partial charge in [0.25, 0.3) is 0 Å². The van der Waals surface area contributed by atoms with E-state index in [1.807, 2.05) is 18.2 Å². The average Bonchev–Trinajstić information content (AvgIpc) is 2.22. The van der Waals surface area contributed by atoms with Crippen LogP contribution in [0.15, 0.2) is 22.7 Å². The molecule has 0 radical (unpaired) electrons. The molecule has 0 amide bonds. The number of carbonyl (C=O) groups excluding carboxylic acids is 1. The van der Waals surface area contributed by atoms with Gasteiger partial charge in [-0.15, -0.1) is 0 Å². The van der Waals surface area contributed by atoms with E-state index in [2.05, 4.69) is 45.4 Å². The summed E-state index contributed by atoms with van der Waals surface area (Å²) >= 11 is 5.60. The van der Waals surface area contributed by atoms with Crippen molar-refractivity contribution in [2.45, 2.75) is 32.6 Å². The van der Waals surface area contributed by atoms with Crippen LogP contribution in [0.4, 0.5) is 0 Å². The van der Waals surface area contributed by atoms with E-state index in [0.29, 0.717) is 6.42 Å². The first-order valence-electron chi connectivity index (χ1n) is 5.13. The van der Waals surface area contributed by atoms with Crippen LogP contribution >= 0.6 is 38.5 Å². The third-order valence-electron chi connectivity index (χ3n) is 2.24. The lowest BCUT2D eigenvalue weighted by Gasteiger charge is -2.04. The molecule has 0 bridgehead atoms. The number of hydrogen-bond donors (Lipinski definition) is 0. The van der Waals surface area contributed by atoms with Gasteiger partial charge in [0, 0.05) is 20.0 Å². The van der Waals surface area contributed by atoms with Crippen molar-refractivity contribution in [1.82, 2.24) is 0 Å². The summed E-state index contributed by atoms with van der Waals surface area (Å²) in [5, 5.41) is 0. The van der Waals surface area contributed by atoms with Gasteiger partial charge < -0.3 is 0 Å². The lowest BCUT2D eigenvalue weighted by atomic mass is 10.1. The molecule has 0 saturated heterocycles. The number of hydrogen-bond acceptors (Lipinski definition) is 1. The monoisotopic (exact) mass is 380 g/mol. The van der Waals surface area contributed by atoms with E-state index in [1.165, 1.54) is 0 Å². The number of benzene rings is 1. The summed E-state index contributed by atoms with van der Waals surface area (Å²) in [6.07, 6.45) is 3.96. The molecule has 0 spiro atoms. The number of ketones is 1. The van der Waals surface area contributed by atoms with Crippen molar-refractivity contribution in [2.24, 2.45) is 0 Å². The van der Waals surface area contributed by atoms with Crippen molar-refractivity contribution in [1.29, 1.82) is 0 Å². The van der Waals surface area contributed by atoms with Gasteiger partial charge in [-0.25, -0.2) is 0 Å². The van der Waals surface area contributed by atoms with Gasteiger partial charge in [-0.3, -0.25) is 4.79 Å². The third kappa shape index (κ3) is 4.23. The van der Waals surface area contributed by atoms with Gasteiger partial charge in [0.15, 0.2) is 5.78 Å². The van der Waals surface area contributed by atoms with E-state index in [0.717, 1.165) is 32.9 Å². The number of unbranched alkanes of at least 4 members (excludes halogenated alkanes) is 2. The molecule has 15 heavy (non-hydrogen) atoms. The molecule has 0 atom stereocenters. The molecule has 1 aromatic rings. The van der Waals surface area contributed by atoms with Gasteiger partial charge in [-0.1, -0.05) is 35.7 Å². The fourth-order valence-corrected chi connectivity index (χ4v) is 2.38. The molecule has 1 nitrogen and oxygen atoms in total. The zero-order valence-corrected chi connectivity index (χ0v) is 12.5. The molecule has 0 N–H and O–H groups in total. The SMILES string of the molecule is CCCCCC(=O)c1cc(Br)ccc1I. The summed E-state index contributed by atoms with van der Waals surface area (Å²) in [5.41, 5.74) is 0.848. The Morgan fingerprint density at radius 2 is 2.13 bits per heavy atom. The van der Waals surface area contributed by atoms with E-state index < -0.39 is 0 Å². The summed E-state index contributed by atoms with van der Waals surface area (Å²) in [7, 11) is 0. The topological polar surface area (TPSA) is 17.1 Å². The van der Waals surface area contributed by atoms with Gasteiger partial charge in [0.2, 0.25) is 0 Å². The fourth-order valence-electron chi connectivity index (χ4n) is 1.38. The van der Waals surface area contributed by atoms with Crippen LogP contribution in [0.2, 0.25) is 0 Å². The standard InChI is InChI=1S/C12H14BrIO/c1-2-3-4-5-12(15)10-8-9(13)6-7-11(10)14/h6-8H,2-5H2,1H3. The second kappa shape index (κ2) is 6.63. The minimum Gasteiger partial charge on any atom is -0.294 e. The molecule has 1 aromatic carbocycles. The lowest BCUT2D eigenvalue weighted by Crippen LogP contribution is -2.01. The lowest BCUT2D eigenvalue weighted by molar-refractivity contribution is 0.0978. The molecule has 1 rings (SSSR count). The first-order valence-corrected chi connectivity index (χ1v) is 7.00. The van der Waals surface area contributed by atoms with E-state index in [9.17, 15) is 4.79 Å². The second-order valence-electron chi connectivity index (χ2n) is 3.50. The van der Waals surface area contributed by atoms with Gasteiger partial charge in [-0.05, 0) is 47.2 Å². The van der Waals surface area contributed by atoms with Crippen LogP contribution in [-0.4, -0.2) is 5.78 Å². The van der Waals surface area contributed by atoms with Crippen molar-refractivity contribution in [2.75, 3.05) is 0 Å². The Morgan fingerprint density at radius 3 is 2.80 bits per heavy atom. The Kier molecular flexibility index (Phi) is 5.82. The van der Waals surface area contributed by atoms with Crippen LogP contribution < -0.4 is 0 Å². The molecule has 0 aliphatic carbocycles. The Bertz CT molecular complexity index is 349. The first kappa shape index (κ1) is 13.2. The van der Waals surface area contributed by atoms with E-state index in [-0.39, 0.29) is 5.78 Å². The van der Waals surface area contributed by atoms with E-state index >= 15 is 0 Å².